The lowest BCUT2D eigenvalue weighted by Gasteiger charge is -2.15. The zero-order valence-electron chi connectivity index (χ0n) is 29.8. The number of aromatic nitrogens is 3. The molecule has 0 atom stereocenters. The second-order valence-corrected chi connectivity index (χ2v) is 13.9. The lowest BCUT2D eigenvalue weighted by Crippen LogP contribution is -2.00. The molecule has 10 rings (SSSR count). The van der Waals surface area contributed by atoms with Gasteiger partial charge in [-0.2, -0.15) is 5.26 Å². The predicted molar refractivity (Wildman–Crippen MR) is 223 cm³/mol. The molecule has 0 saturated heterocycles. The Kier molecular flexibility index (Phi) is 7.90. The van der Waals surface area contributed by atoms with E-state index in [1.54, 1.807) is 0 Å². The second-order valence-electron chi connectivity index (χ2n) is 13.9. The molecular weight excluding hydrogens is 669 g/mol. The summed E-state index contributed by atoms with van der Waals surface area (Å²) in [5.41, 5.74) is 15.6. The van der Waals surface area contributed by atoms with Crippen molar-refractivity contribution in [3.63, 3.8) is 0 Å². The van der Waals surface area contributed by atoms with Crippen LogP contribution in [0.3, 0.4) is 0 Å². The van der Waals surface area contributed by atoms with E-state index >= 15 is 0 Å². The van der Waals surface area contributed by atoms with Gasteiger partial charge < -0.3 is 0 Å². The lowest BCUT2D eigenvalue weighted by atomic mass is 9.88. The zero-order chi connectivity index (χ0) is 36.7. The van der Waals surface area contributed by atoms with Crippen LogP contribution >= 0.6 is 0 Å². The number of nitriles is 1. The number of hydrogen-bond acceptors (Lipinski definition) is 4. The molecule has 0 unspecified atom stereocenters. The molecule has 8 aromatic carbocycles. The topological polar surface area (TPSA) is 62.5 Å². The molecule has 0 fully saturated rings. The summed E-state index contributed by atoms with van der Waals surface area (Å²) in [4.78, 5) is 14.9. The standard InChI is InChI=1S/C51H32N4/c52-32-33-24-26-34(27-25-33)42-23-11-19-40-30-46-44-22-8-7-21-43(44)45(31-47(46)48(40)42)39-18-9-16-37(28-39)38-17-10-20-41(29-38)51-54-49(35-12-3-1-4-13-35)53-50(55-51)36-14-5-2-6-15-36/h1-29,31H,30H2. The fourth-order valence-corrected chi connectivity index (χ4v) is 7.95. The van der Waals surface area contributed by atoms with Gasteiger partial charge in [-0.1, -0.05) is 152 Å². The summed E-state index contributed by atoms with van der Waals surface area (Å²) in [6.07, 6.45) is 0.886. The molecule has 1 heterocycles. The number of hydrogen-bond donors (Lipinski definition) is 0. The second kappa shape index (κ2) is 13.5. The van der Waals surface area contributed by atoms with Crippen LogP contribution in [0, 0.1) is 11.3 Å². The first-order valence-corrected chi connectivity index (χ1v) is 18.5. The van der Waals surface area contributed by atoms with E-state index in [-0.39, 0.29) is 0 Å². The van der Waals surface area contributed by atoms with E-state index in [1.807, 2.05) is 72.8 Å². The molecule has 9 aromatic rings. The number of fused-ring (bicyclic) bond motifs is 5. The Balaban J connectivity index is 1.08. The van der Waals surface area contributed by atoms with Gasteiger partial charge in [-0.25, -0.2) is 15.0 Å². The first kappa shape index (κ1) is 32.2. The average Bonchev–Trinajstić information content (AvgIpc) is 3.66. The maximum Gasteiger partial charge on any atom is 0.164 e. The molecule has 1 aliphatic carbocycles. The predicted octanol–water partition coefficient (Wildman–Crippen LogP) is 12.5. The van der Waals surface area contributed by atoms with Crippen LogP contribution in [0.2, 0.25) is 0 Å². The highest BCUT2D eigenvalue weighted by Crippen LogP contribution is 2.48. The summed E-state index contributed by atoms with van der Waals surface area (Å²) in [7, 11) is 0. The summed E-state index contributed by atoms with van der Waals surface area (Å²) < 4.78 is 0. The minimum absolute atomic E-state index is 0.632. The van der Waals surface area contributed by atoms with Crippen LogP contribution in [-0.4, -0.2) is 15.0 Å². The van der Waals surface area contributed by atoms with Crippen molar-refractivity contribution in [2.45, 2.75) is 6.42 Å². The van der Waals surface area contributed by atoms with Crippen molar-refractivity contribution in [2.75, 3.05) is 0 Å². The SMILES string of the molecule is N#Cc1ccc(-c2cccc3c2-c2cc(-c4cccc(-c5cccc(-c6nc(-c7ccccc7)nc(-c7ccccc7)n6)c5)c4)c4ccccc4c2C3)cc1. The molecule has 55 heavy (non-hydrogen) atoms. The van der Waals surface area contributed by atoms with E-state index in [1.165, 1.54) is 44.2 Å². The molecule has 0 amide bonds. The summed E-state index contributed by atoms with van der Waals surface area (Å²) in [5, 5.41) is 11.9. The van der Waals surface area contributed by atoms with Crippen LogP contribution in [-0.2, 0) is 6.42 Å². The third-order valence-corrected chi connectivity index (χ3v) is 10.6. The van der Waals surface area contributed by atoms with Crippen molar-refractivity contribution >= 4 is 10.8 Å². The van der Waals surface area contributed by atoms with Crippen LogP contribution in [0.4, 0.5) is 0 Å². The van der Waals surface area contributed by atoms with Gasteiger partial charge in [0.05, 0.1) is 11.6 Å². The molecule has 1 aliphatic rings. The van der Waals surface area contributed by atoms with E-state index in [0.717, 1.165) is 45.4 Å². The summed E-state index contributed by atoms with van der Waals surface area (Å²) in [6.45, 7) is 0. The van der Waals surface area contributed by atoms with Gasteiger partial charge in [0.25, 0.3) is 0 Å². The summed E-state index contributed by atoms with van der Waals surface area (Å²) >= 11 is 0. The van der Waals surface area contributed by atoms with Crippen molar-refractivity contribution in [1.82, 2.24) is 15.0 Å². The van der Waals surface area contributed by atoms with E-state index in [0.29, 0.717) is 23.0 Å². The van der Waals surface area contributed by atoms with Gasteiger partial charge >= 0.3 is 0 Å². The van der Waals surface area contributed by atoms with E-state index in [4.69, 9.17) is 15.0 Å². The molecule has 0 saturated carbocycles. The molecule has 0 spiro atoms. The largest absolute Gasteiger partial charge is 0.208 e. The van der Waals surface area contributed by atoms with Gasteiger partial charge in [0, 0.05) is 16.7 Å². The van der Waals surface area contributed by atoms with Crippen molar-refractivity contribution in [1.29, 1.82) is 5.26 Å². The van der Waals surface area contributed by atoms with Crippen molar-refractivity contribution in [3.05, 3.63) is 199 Å². The maximum atomic E-state index is 9.42. The smallest absolute Gasteiger partial charge is 0.164 e. The first-order chi connectivity index (χ1) is 27.2. The molecule has 4 nitrogen and oxygen atoms in total. The monoisotopic (exact) mass is 700 g/mol. The van der Waals surface area contributed by atoms with Gasteiger partial charge in [-0.3, -0.25) is 0 Å². The van der Waals surface area contributed by atoms with Gasteiger partial charge in [0.2, 0.25) is 0 Å². The third kappa shape index (κ3) is 5.85. The Morgan fingerprint density at radius 3 is 1.56 bits per heavy atom. The van der Waals surface area contributed by atoms with Gasteiger partial charge in [-0.15, -0.1) is 0 Å². The minimum atomic E-state index is 0.632. The normalized spacial score (nSPS) is 11.5. The molecule has 0 radical (unpaired) electrons. The highest BCUT2D eigenvalue weighted by molar-refractivity contribution is 6.06. The van der Waals surface area contributed by atoms with Crippen molar-refractivity contribution < 1.29 is 0 Å². The van der Waals surface area contributed by atoms with Crippen LogP contribution in [0.25, 0.3) is 89.4 Å². The van der Waals surface area contributed by atoms with Gasteiger partial charge in [0.1, 0.15) is 0 Å². The van der Waals surface area contributed by atoms with E-state index in [2.05, 4.69) is 115 Å². The highest BCUT2D eigenvalue weighted by Gasteiger charge is 2.26. The Labute approximate surface area is 319 Å². The van der Waals surface area contributed by atoms with Crippen LogP contribution < -0.4 is 0 Å². The first-order valence-electron chi connectivity index (χ1n) is 18.5. The number of nitrogens with zero attached hydrogens (tertiary/aromatic N) is 4. The number of rotatable bonds is 6. The van der Waals surface area contributed by atoms with E-state index in [9.17, 15) is 5.26 Å². The summed E-state index contributed by atoms with van der Waals surface area (Å²) in [5.74, 6) is 1.92. The summed E-state index contributed by atoms with van der Waals surface area (Å²) in [6, 6.07) is 65.5. The quantitative estimate of drug-likeness (QED) is 0.173. The van der Waals surface area contributed by atoms with Gasteiger partial charge in [0.15, 0.2) is 17.5 Å². The molecular formula is C51H32N4. The Morgan fingerprint density at radius 2 is 0.909 bits per heavy atom. The van der Waals surface area contributed by atoms with Crippen LogP contribution in [0.5, 0.6) is 0 Å². The van der Waals surface area contributed by atoms with Gasteiger partial charge in [-0.05, 0) is 103 Å². The molecule has 0 N–H and O–H groups in total. The molecule has 4 heteroatoms. The Hall–Kier alpha value is -7.48. The molecule has 1 aromatic heterocycles. The van der Waals surface area contributed by atoms with E-state index < -0.39 is 0 Å². The fraction of sp³-hybridized carbons (Fsp3) is 0.0196. The fourth-order valence-electron chi connectivity index (χ4n) is 7.95. The van der Waals surface area contributed by atoms with Crippen molar-refractivity contribution in [2.24, 2.45) is 0 Å². The Bertz CT molecular complexity index is 2890. The maximum absolute atomic E-state index is 9.42. The van der Waals surface area contributed by atoms with Crippen molar-refractivity contribution in [3.8, 4) is 84.7 Å². The third-order valence-electron chi connectivity index (χ3n) is 10.6. The van der Waals surface area contributed by atoms with Crippen LogP contribution in [0.15, 0.2) is 182 Å². The Morgan fingerprint density at radius 1 is 0.382 bits per heavy atom. The highest BCUT2D eigenvalue weighted by atomic mass is 15.0. The lowest BCUT2D eigenvalue weighted by molar-refractivity contribution is 1.07. The van der Waals surface area contributed by atoms with Crippen LogP contribution in [0.1, 0.15) is 16.7 Å². The molecule has 256 valence electrons. The average molecular weight is 701 g/mol. The minimum Gasteiger partial charge on any atom is -0.208 e. The number of benzene rings is 8. The molecule has 0 aliphatic heterocycles. The molecule has 0 bridgehead atoms. The zero-order valence-corrected chi connectivity index (χ0v) is 29.8.